The van der Waals surface area contributed by atoms with Gasteiger partial charge in [0.2, 0.25) is 5.78 Å². The van der Waals surface area contributed by atoms with E-state index in [0.29, 0.717) is 17.1 Å². The lowest BCUT2D eigenvalue weighted by Gasteiger charge is -2.30. The van der Waals surface area contributed by atoms with Crippen LogP contribution in [0, 0.1) is 0 Å². The standard InChI is InChI=1S/C23H19NOS/c25-22(20-12-10-19(11-13-20)17-6-2-1-3-7-17)23(26)24-15-14-18-8-4-5-9-21(18)16-24/h1-13H,14-16H2. The summed E-state index contributed by atoms with van der Waals surface area (Å²) in [5.41, 5.74) is 5.50. The molecule has 2 nitrogen and oxygen atoms in total. The van der Waals surface area contributed by atoms with Crippen molar-refractivity contribution in [1.29, 1.82) is 0 Å². The van der Waals surface area contributed by atoms with Gasteiger partial charge in [-0.25, -0.2) is 0 Å². The van der Waals surface area contributed by atoms with Gasteiger partial charge in [0.1, 0.15) is 0 Å². The van der Waals surface area contributed by atoms with Gasteiger partial charge in [0.15, 0.2) is 4.99 Å². The predicted molar refractivity (Wildman–Crippen MR) is 109 cm³/mol. The molecule has 0 spiro atoms. The van der Waals surface area contributed by atoms with Gasteiger partial charge in [-0.05, 0) is 28.7 Å². The van der Waals surface area contributed by atoms with E-state index in [0.717, 1.165) is 24.1 Å². The molecule has 0 bridgehead atoms. The van der Waals surface area contributed by atoms with E-state index < -0.39 is 0 Å². The van der Waals surface area contributed by atoms with Crippen molar-refractivity contribution in [3.63, 3.8) is 0 Å². The van der Waals surface area contributed by atoms with Crippen molar-refractivity contribution in [2.24, 2.45) is 0 Å². The largest absolute Gasteiger partial charge is 0.355 e. The maximum Gasteiger partial charge on any atom is 0.220 e. The molecule has 0 N–H and O–H groups in total. The number of ketones is 1. The molecular formula is C23H19NOS. The lowest BCUT2D eigenvalue weighted by molar-refractivity contribution is 0.105. The fourth-order valence-electron chi connectivity index (χ4n) is 3.38. The molecule has 4 rings (SSSR count). The third-order valence-corrected chi connectivity index (χ3v) is 5.31. The Morgan fingerprint density at radius 2 is 1.38 bits per heavy atom. The second-order valence-corrected chi connectivity index (χ2v) is 6.90. The van der Waals surface area contributed by atoms with E-state index in [1.807, 2.05) is 53.4 Å². The minimum absolute atomic E-state index is 0.0704. The van der Waals surface area contributed by atoms with Gasteiger partial charge >= 0.3 is 0 Å². The van der Waals surface area contributed by atoms with Gasteiger partial charge in [0.05, 0.1) is 0 Å². The Kier molecular flexibility index (Phi) is 4.63. The molecule has 0 saturated carbocycles. The van der Waals surface area contributed by atoms with Crippen LogP contribution in [0.25, 0.3) is 11.1 Å². The summed E-state index contributed by atoms with van der Waals surface area (Å²) in [6.07, 6.45) is 0.927. The van der Waals surface area contributed by atoms with E-state index >= 15 is 0 Å². The van der Waals surface area contributed by atoms with Gasteiger partial charge < -0.3 is 4.90 Å². The first-order chi connectivity index (χ1) is 12.7. The molecule has 1 heterocycles. The fourth-order valence-corrected chi connectivity index (χ4v) is 3.65. The minimum Gasteiger partial charge on any atom is -0.355 e. The van der Waals surface area contributed by atoms with Gasteiger partial charge in [0.25, 0.3) is 0 Å². The lowest BCUT2D eigenvalue weighted by Crippen LogP contribution is -2.39. The quantitative estimate of drug-likeness (QED) is 0.490. The zero-order chi connectivity index (χ0) is 17.9. The van der Waals surface area contributed by atoms with Gasteiger partial charge in [-0.15, -0.1) is 0 Å². The topological polar surface area (TPSA) is 20.3 Å². The van der Waals surface area contributed by atoms with Crippen molar-refractivity contribution >= 4 is 23.0 Å². The summed E-state index contributed by atoms with van der Waals surface area (Å²) in [4.78, 5) is 15.2. The number of rotatable bonds is 3. The number of Topliss-reactive ketones (excluding diaryl/α,β-unsaturated/α-hetero) is 1. The first-order valence-electron chi connectivity index (χ1n) is 8.78. The predicted octanol–water partition coefficient (Wildman–Crippen LogP) is 4.92. The van der Waals surface area contributed by atoms with E-state index in [1.54, 1.807) is 0 Å². The summed E-state index contributed by atoms with van der Waals surface area (Å²) in [5.74, 6) is -0.0704. The molecule has 0 unspecified atom stereocenters. The number of hydrogen-bond acceptors (Lipinski definition) is 2. The summed E-state index contributed by atoms with van der Waals surface area (Å²) >= 11 is 5.51. The highest BCUT2D eigenvalue weighted by molar-refractivity contribution is 7.82. The minimum atomic E-state index is -0.0704. The number of carbonyl (C=O) groups excluding carboxylic acids is 1. The van der Waals surface area contributed by atoms with Crippen molar-refractivity contribution < 1.29 is 4.79 Å². The van der Waals surface area contributed by atoms with Crippen LogP contribution in [0.2, 0.25) is 0 Å². The fraction of sp³-hybridized carbons (Fsp3) is 0.130. The summed E-state index contributed by atoms with van der Waals surface area (Å²) in [7, 11) is 0. The van der Waals surface area contributed by atoms with Crippen LogP contribution in [0.5, 0.6) is 0 Å². The smallest absolute Gasteiger partial charge is 0.220 e. The number of benzene rings is 3. The number of hydrogen-bond donors (Lipinski definition) is 0. The number of thiocarbonyl (C=S) groups is 1. The first-order valence-corrected chi connectivity index (χ1v) is 9.19. The number of fused-ring (bicyclic) bond motifs is 1. The molecule has 0 amide bonds. The average Bonchev–Trinajstić information content (AvgIpc) is 2.73. The Bertz CT molecular complexity index is 947. The molecule has 0 aliphatic carbocycles. The molecule has 128 valence electrons. The Morgan fingerprint density at radius 3 is 2.12 bits per heavy atom. The first kappa shape index (κ1) is 16.7. The van der Waals surface area contributed by atoms with Crippen molar-refractivity contribution in [2.75, 3.05) is 6.54 Å². The van der Waals surface area contributed by atoms with E-state index in [1.165, 1.54) is 11.1 Å². The lowest BCUT2D eigenvalue weighted by atomic mass is 9.99. The summed E-state index contributed by atoms with van der Waals surface area (Å²) in [6.45, 7) is 1.51. The zero-order valence-electron chi connectivity index (χ0n) is 14.4. The van der Waals surface area contributed by atoms with Crippen molar-refractivity contribution in [3.05, 3.63) is 95.6 Å². The highest BCUT2D eigenvalue weighted by atomic mass is 32.1. The van der Waals surface area contributed by atoms with Crippen LogP contribution in [0.3, 0.4) is 0 Å². The molecule has 3 aromatic carbocycles. The van der Waals surface area contributed by atoms with Crippen LogP contribution in [-0.2, 0) is 13.0 Å². The van der Waals surface area contributed by atoms with Crippen LogP contribution in [0.1, 0.15) is 21.5 Å². The number of carbonyl (C=O) groups is 1. The Labute approximate surface area is 159 Å². The van der Waals surface area contributed by atoms with Crippen LogP contribution in [-0.4, -0.2) is 22.2 Å². The Hall–Kier alpha value is -2.78. The maximum absolute atomic E-state index is 12.8. The summed E-state index contributed by atoms with van der Waals surface area (Å²) in [6, 6.07) is 26.2. The van der Waals surface area contributed by atoms with Crippen molar-refractivity contribution in [1.82, 2.24) is 4.90 Å². The highest BCUT2D eigenvalue weighted by Gasteiger charge is 2.23. The molecule has 0 atom stereocenters. The van der Waals surface area contributed by atoms with E-state index in [-0.39, 0.29) is 5.78 Å². The van der Waals surface area contributed by atoms with Crippen molar-refractivity contribution in [3.8, 4) is 11.1 Å². The van der Waals surface area contributed by atoms with Gasteiger partial charge in [-0.3, -0.25) is 4.79 Å². The Morgan fingerprint density at radius 1 is 0.769 bits per heavy atom. The molecule has 0 radical (unpaired) electrons. The zero-order valence-corrected chi connectivity index (χ0v) is 15.2. The maximum atomic E-state index is 12.8. The highest BCUT2D eigenvalue weighted by Crippen LogP contribution is 2.22. The molecule has 0 aromatic heterocycles. The second-order valence-electron chi connectivity index (χ2n) is 6.52. The SMILES string of the molecule is O=C(C(=S)N1CCc2ccccc2C1)c1ccc(-c2ccccc2)cc1. The summed E-state index contributed by atoms with van der Waals surface area (Å²) < 4.78 is 0. The molecule has 3 heteroatoms. The average molecular weight is 357 g/mol. The molecule has 26 heavy (non-hydrogen) atoms. The van der Waals surface area contributed by atoms with E-state index in [9.17, 15) is 4.79 Å². The molecule has 3 aromatic rings. The normalized spacial score (nSPS) is 13.2. The molecular weight excluding hydrogens is 338 g/mol. The monoisotopic (exact) mass is 357 g/mol. The molecule has 0 fully saturated rings. The van der Waals surface area contributed by atoms with Crippen LogP contribution < -0.4 is 0 Å². The molecule has 1 aliphatic rings. The Balaban J connectivity index is 1.50. The molecule has 0 saturated heterocycles. The van der Waals surface area contributed by atoms with E-state index in [2.05, 4.69) is 30.3 Å². The van der Waals surface area contributed by atoms with Crippen LogP contribution >= 0.6 is 12.2 Å². The van der Waals surface area contributed by atoms with Gasteiger partial charge in [-0.1, -0.05) is 91.1 Å². The molecule has 1 aliphatic heterocycles. The van der Waals surface area contributed by atoms with Crippen molar-refractivity contribution in [2.45, 2.75) is 13.0 Å². The van der Waals surface area contributed by atoms with E-state index in [4.69, 9.17) is 12.2 Å². The third kappa shape index (κ3) is 3.31. The van der Waals surface area contributed by atoms with Crippen LogP contribution in [0.4, 0.5) is 0 Å². The summed E-state index contributed by atoms with van der Waals surface area (Å²) in [5, 5.41) is 0. The number of nitrogens with zero attached hydrogens (tertiary/aromatic N) is 1. The second kappa shape index (κ2) is 7.22. The van der Waals surface area contributed by atoms with Crippen LogP contribution in [0.15, 0.2) is 78.9 Å². The third-order valence-electron chi connectivity index (χ3n) is 4.87. The van der Waals surface area contributed by atoms with Gasteiger partial charge in [-0.2, -0.15) is 0 Å². The van der Waals surface area contributed by atoms with Gasteiger partial charge in [0, 0.05) is 18.7 Å².